The lowest BCUT2D eigenvalue weighted by atomic mass is 9.97. The lowest BCUT2D eigenvalue weighted by Crippen LogP contribution is -2.73. The standard InChI is InChI=1S/C24F46O8/c25-3(15(45,46)47,75-23(67,68)13(43,19(57,58)59)77-21(63,64)11(39,40)7(31,32)5(27,28)9(35,36)17(51,52)53)1(71)73-74-2(72)4(26,16(48,49)50)76-24(69,70)14(44,20(60,61)62)78-22(65,66)12(41,42)8(33,34)6(29,30)10(37,38)18(54,55)56. The molecule has 0 heterocycles. The molecule has 0 spiro atoms. The molecule has 0 N–H and O–H groups in total. The van der Waals surface area contributed by atoms with Crippen LogP contribution in [0.15, 0.2) is 0 Å². The van der Waals surface area contributed by atoms with Gasteiger partial charge in [-0.3, -0.25) is 18.9 Å². The second-order valence-electron chi connectivity index (χ2n) is 13.2. The average molecular weight is 1290 g/mol. The van der Waals surface area contributed by atoms with Crippen molar-refractivity contribution in [2.45, 2.75) is 132 Å². The summed E-state index contributed by atoms with van der Waals surface area (Å²) < 4.78 is 621. The molecule has 0 aliphatic heterocycles. The summed E-state index contributed by atoms with van der Waals surface area (Å²) in [6.07, 6.45) is -90.4. The lowest BCUT2D eigenvalue weighted by molar-refractivity contribution is -0.553. The predicted molar refractivity (Wildman–Crippen MR) is 128 cm³/mol. The molecule has 0 bridgehead atoms. The number of alkyl halides is 46. The van der Waals surface area contributed by atoms with Crippen LogP contribution >= 0.6 is 0 Å². The fourth-order valence-corrected chi connectivity index (χ4v) is 3.65. The summed E-state index contributed by atoms with van der Waals surface area (Å²) in [5.74, 6) is -123. The van der Waals surface area contributed by atoms with E-state index in [1.54, 1.807) is 9.78 Å². The number of carbonyl (C=O) groups is 2. The van der Waals surface area contributed by atoms with E-state index in [4.69, 9.17) is 0 Å². The van der Waals surface area contributed by atoms with Crippen molar-refractivity contribution < 1.29 is 240 Å². The zero-order chi connectivity index (χ0) is 64.4. The highest BCUT2D eigenvalue weighted by atomic mass is 19.5. The molecule has 0 saturated carbocycles. The van der Waals surface area contributed by atoms with Gasteiger partial charge in [0.2, 0.25) is 0 Å². The molecule has 54 heteroatoms. The normalized spacial score (nSPS) is 19.1. The van der Waals surface area contributed by atoms with Gasteiger partial charge in [-0.15, -0.1) is 0 Å². The first kappa shape index (κ1) is 73.6. The quantitative estimate of drug-likeness (QED) is 0.0677. The molecular weight excluding hydrogens is 1290 g/mol. The van der Waals surface area contributed by atoms with Crippen LogP contribution in [0.25, 0.3) is 0 Å². The Balaban J connectivity index is 7.72. The van der Waals surface area contributed by atoms with Gasteiger partial charge in [0.25, 0.3) is 0 Å². The van der Waals surface area contributed by atoms with Crippen molar-refractivity contribution in [2.75, 3.05) is 0 Å². The van der Waals surface area contributed by atoms with E-state index in [2.05, 4.69) is 0 Å². The molecule has 0 aliphatic carbocycles. The van der Waals surface area contributed by atoms with Crippen molar-refractivity contribution in [3.63, 3.8) is 0 Å². The molecule has 4 unspecified atom stereocenters. The lowest BCUT2D eigenvalue weighted by Gasteiger charge is -2.42. The second kappa shape index (κ2) is 19.1. The first-order valence-electron chi connectivity index (χ1n) is 15.8. The third-order valence-corrected chi connectivity index (χ3v) is 7.81. The van der Waals surface area contributed by atoms with E-state index in [0.29, 0.717) is 9.47 Å². The Morgan fingerprint density at radius 3 is 0.526 bits per heavy atom. The maximum atomic E-state index is 14.6. The van der Waals surface area contributed by atoms with Gasteiger partial charge in [-0.1, -0.05) is 0 Å². The molecule has 0 aliphatic rings. The van der Waals surface area contributed by atoms with Gasteiger partial charge in [0.1, 0.15) is 0 Å². The van der Waals surface area contributed by atoms with E-state index >= 15 is 0 Å². The van der Waals surface area contributed by atoms with Gasteiger partial charge in [-0.2, -0.15) is 202 Å². The van der Waals surface area contributed by atoms with E-state index in [9.17, 15) is 212 Å². The van der Waals surface area contributed by atoms with Crippen molar-refractivity contribution in [1.82, 2.24) is 0 Å². The Morgan fingerprint density at radius 1 is 0.192 bits per heavy atom. The van der Waals surface area contributed by atoms with E-state index < -0.39 is 144 Å². The minimum Gasteiger partial charge on any atom is -0.262 e. The molecule has 0 amide bonds. The minimum atomic E-state index is -9.65. The molecule has 0 fully saturated rings. The van der Waals surface area contributed by atoms with Gasteiger partial charge in [0.05, 0.1) is 0 Å². The molecule has 0 radical (unpaired) electrons. The van der Waals surface area contributed by atoms with Crippen LogP contribution < -0.4 is 0 Å². The van der Waals surface area contributed by atoms with Crippen LogP contribution in [-0.2, 0) is 38.3 Å². The van der Waals surface area contributed by atoms with Gasteiger partial charge < -0.3 is 0 Å². The van der Waals surface area contributed by atoms with Gasteiger partial charge >= 0.3 is 144 Å². The molecule has 8 nitrogen and oxygen atoms in total. The summed E-state index contributed by atoms with van der Waals surface area (Å²) in [6.45, 7) is 0. The van der Waals surface area contributed by atoms with Gasteiger partial charge in [-0.25, -0.2) is 19.4 Å². The smallest absolute Gasteiger partial charge is 0.262 e. The molecule has 78 heavy (non-hydrogen) atoms. The van der Waals surface area contributed by atoms with Crippen molar-refractivity contribution in [3.8, 4) is 0 Å². The van der Waals surface area contributed by atoms with Crippen LogP contribution in [-0.4, -0.2) is 144 Å². The van der Waals surface area contributed by atoms with Crippen LogP contribution in [0.1, 0.15) is 0 Å². The SMILES string of the molecule is O=C(OOC(=O)C(F)(OC(F)(F)C(F)(OC(F)(F)C(F)(F)C(F)(F)C(F)(F)C(F)(F)C(F)(F)F)C(F)(F)F)C(F)(F)F)C(F)(OC(F)(F)C(F)(OC(F)(F)C(F)(F)C(F)(F)C(F)(F)C(F)(F)C(F)(F)F)C(F)(F)F)C(F)(F)F. The van der Waals surface area contributed by atoms with Crippen molar-refractivity contribution >= 4 is 11.9 Å². The number of halogens is 46. The van der Waals surface area contributed by atoms with Gasteiger partial charge in [0, 0.05) is 0 Å². The molecule has 0 saturated heterocycles. The van der Waals surface area contributed by atoms with E-state index in [1.165, 1.54) is 0 Å². The van der Waals surface area contributed by atoms with Crippen LogP contribution in [0.5, 0.6) is 0 Å². The van der Waals surface area contributed by atoms with Crippen LogP contribution in [0.3, 0.4) is 0 Å². The highest BCUT2D eigenvalue weighted by Crippen LogP contribution is 2.65. The average Bonchev–Trinajstić information content (AvgIpc) is 3.15. The third kappa shape index (κ3) is 10.9. The summed E-state index contributed by atoms with van der Waals surface area (Å²) in [7, 11) is 0. The number of ether oxygens (including phenoxy) is 4. The number of carbonyl (C=O) groups excluding carboxylic acids is 2. The zero-order valence-electron chi connectivity index (χ0n) is 32.7. The summed E-state index contributed by atoms with van der Waals surface area (Å²) in [5, 5.41) is 0. The topological polar surface area (TPSA) is 89.5 Å². The van der Waals surface area contributed by atoms with Crippen LogP contribution in [0.2, 0.25) is 0 Å². The molecule has 0 aromatic rings. The Bertz CT molecular complexity index is 2010. The summed E-state index contributed by atoms with van der Waals surface area (Å²) in [5.41, 5.74) is 0. The molecule has 466 valence electrons. The highest BCUT2D eigenvalue weighted by Gasteiger charge is 2.96. The first-order valence-corrected chi connectivity index (χ1v) is 15.8. The molecule has 0 rings (SSSR count). The predicted octanol–water partition coefficient (Wildman–Crippen LogP) is 13.5. The van der Waals surface area contributed by atoms with E-state index in [0.717, 1.165) is 9.47 Å². The molecular formula is C24F46O8. The zero-order valence-corrected chi connectivity index (χ0v) is 32.7. The largest absolute Gasteiger partial charge is 0.460 e. The van der Waals surface area contributed by atoms with Gasteiger partial charge in [0.15, 0.2) is 0 Å². The van der Waals surface area contributed by atoms with Gasteiger partial charge in [-0.05, 0) is 0 Å². The Labute approximate surface area is 386 Å². The number of rotatable bonds is 20. The summed E-state index contributed by atoms with van der Waals surface area (Å²) in [6, 6.07) is 0. The monoisotopic (exact) mass is 1290 g/mol. The molecule has 0 aromatic carbocycles. The van der Waals surface area contributed by atoms with Crippen molar-refractivity contribution in [1.29, 1.82) is 0 Å². The Morgan fingerprint density at radius 2 is 0.372 bits per heavy atom. The Hall–Kier alpha value is -4.44. The van der Waals surface area contributed by atoms with Crippen molar-refractivity contribution in [2.24, 2.45) is 0 Å². The minimum absolute atomic E-state index is 0.647. The second-order valence-corrected chi connectivity index (χ2v) is 13.2. The Kier molecular flexibility index (Phi) is 18.0. The summed E-state index contributed by atoms with van der Waals surface area (Å²) >= 11 is 0. The summed E-state index contributed by atoms with van der Waals surface area (Å²) in [4.78, 5) is 26.1. The maximum Gasteiger partial charge on any atom is 0.460 e. The fourth-order valence-electron chi connectivity index (χ4n) is 3.65. The van der Waals surface area contributed by atoms with Crippen LogP contribution in [0, 0.1) is 0 Å². The highest BCUT2D eigenvalue weighted by molar-refractivity contribution is 5.82. The fraction of sp³-hybridized carbons (Fsp3) is 0.917. The first-order chi connectivity index (χ1) is 32.9. The maximum absolute atomic E-state index is 14.6. The third-order valence-electron chi connectivity index (χ3n) is 7.81. The molecule has 0 aromatic heterocycles. The van der Waals surface area contributed by atoms with E-state index in [1.807, 2.05) is 0 Å². The molecule has 4 atom stereocenters. The van der Waals surface area contributed by atoms with E-state index in [-0.39, 0.29) is 0 Å². The van der Waals surface area contributed by atoms with Crippen molar-refractivity contribution in [3.05, 3.63) is 0 Å². The number of hydrogen-bond donors (Lipinski definition) is 0. The van der Waals surface area contributed by atoms with Crippen LogP contribution in [0.4, 0.5) is 202 Å². The number of hydrogen-bond acceptors (Lipinski definition) is 8.